The molecule has 3 aliphatic rings. The largest absolute Gasteiger partial charge is 0.395 e. The normalized spacial score (nSPS) is 30.3. The second-order valence-electron chi connectivity index (χ2n) is 7.29. The molecule has 0 unspecified atom stereocenters. The third-order valence-electron chi connectivity index (χ3n) is 5.64. The molecule has 4 nitrogen and oxygen atoms in total. The number of aliphatic hydroxyl groups is 1. The molecule has 2 N–H and O–H groups in total. The van der Waals surface area contributed by atoms with Crippen LogP contribution in [-0.2, 0) is 0 Å². The number of β-amino-alcohol motifs (C(OH)–C–C–N with tert-alkyl or cyclic N) is 1. The van der Waals surface area contributed by atoms with Crippen LogP contribution < -0.4 is 5.32 Å². The minimum atomic E-state index is 0.281. The molecule has 2 aliphatic heterocycles. The van der Waals surface area contributed by atoms with Crippen molar-refractivity contribution in [1.29, 1.82) is 0 Å². The van der Waals surface area contributed by atoms with Crippen molar-refractivity contribution in [1.82, 2.24) is 15.1 Å². The van der Waals surface area contributed by atoms with E-state index in [1.165, 1.54) is 37.9 Å². The highest BCUT2D eigenvalue weighted by molar-refractivity contribution is 5.27. The Morgan fingerprint density at radius 2 is 1.83 bits per heavy atom. The summed E-state index contributed by atoms with van der Waals surface area (Å²) in [4.78, 5) is 4.89. The third-order valence-corrected chi connectivity index (χ3v) is 5.64. The van der Waals surface area contributed by atoms with Crippen LogP contribution in [0.1, 0.15) is 30.7 Å². The van der Waals surface area contributed by atoms with E-state index in [-0.39, 0.29) is 6.61 Å². The van der Waals surface area contributed by atoms with Gasteiger partial charge in [0.2, 0.25) is 0 Å². The van der Waals surface area contributed by atoms with Crippen LogP contribution in [0.3, 0.4) is 0 Å². The topological polar surface area (TPSA) is 38.7 Å². The molecule has 1 aromatic carbocycles. The fourth-order valence-corrected chi connectivity index (χ4v) is 4.08. The fraction of sp³-hybridized carbons (Fsp3) is 0.632. The van der Waals surface area contributed by atoms with E-state index in [9.17, 15) is 0 Å². The highest BCUT2D eigenvalue weighted by atomic mass is 16.3. The molecular weight excluding hydrogens is 286 g/mol. The number of nitrogens with zero attached hydrogens (tertiary/aromatic N) is 2. The Hall–Kier alpha value is -0.940. The Bertz CT molecular complexity index is 495. The SMILES string of the molecule is OCCN1C[C](N2CCC(N[C@@H]3C[C@H]3c3ccccc3)CC2)C1. The van der Waals surface area contributed by atoms with Gasteiger partial charge in [0.1, 0.15) is 0 Å². The van der Waals surface area contributed by atoms with Gasteiger partial charge < -0.3 is 10.4 Å². The van der Waals surface area contributed by atoms with E-state index in [1.54, 1.807) is 6.04 Å². The molecular formula is C19H28N3O. The first-order chi connectivity index (χ1) is 11.3. The highest BCUT2D eigenvalue weighted by Gasteiger charge is 2.40. The number of hydrogen-bond donors (Lipinski definition) is 2. The summed E-state index contributed by atoms with van der Waals surface area (Å²) >= 11 is 0. The molecule has 3 fully saturated rings. The minimum absolute atomic E-state index is 0.281. The molecule has 0 spiro atoms. The summed E-state index contributed by atoms with van der Waals surface area (Å²) in [5.74, 6) is 0.738. The summed E-state index contributed by atoms with van der Waals surface area (Å²) in [7, 11) is 0. The first-order valence-corrected chi connectivity index (χ1v) is 9.07. The second kappa shape index (κ2) is 6.89. The lowest BCUT2D eigenvalue weighted by molar-refractivity contribution is 0.0747. The van der Waals surface area contributed by atoms with Crippen molar-refractivity contribution >= 4 is 0 Å². The standard InChI is InChI=1S/C19H28N3O/c23-11-10-21-13-17(14-21)22-8-6-16(7-9-22)20-19-12-18(19)15-4-2-1-3-5-15/h1-5,16,18-20,23H,6-14H2/t18-,19+/m0/s1. The average Bonchev–Trinajstić information content (AvgIpc) is 3.32. The molecule has 0 amide bonds. The molecule has 4 rings (SSSR count). The lowest BCUT2D eigenvalue weighted by Gasteiger charge is -2.47. The lowest BCUT2D eigenvalue weighted by Crippen LogP contribution is -2.56. The van der Waals surface area contributed by atoms with E-state index in [2.05, 4.69) is 45.4 Å². The van der Waals surface area contributed by atoms with Crippen molar-refractivity contribution in [3.8, 4) is 0 Å². The maximum atomic E-state index is 8.95. The Morgan fingerprint density at radius 1 is 1.09 bits per heavy atom. The zero-order valence-corrected chi connectivity index (χ0v) is 13.8. The molecule has 2 saturated heterocycles. The van der Waals surface area contributed by atoms with Gasteiger partial charge in [-0.1, -0.05) is 30.3 Å². The number of likely N-dealkylation sites (tertiary alicyclic amines) is 2. The molecule has 1 radical (unpaired) electrons. The van der Waals surface area contributed by atoms with Gasteiger partial charge in [-0.3, -0.25) is 9.80 Å². The molecule has 2 heterocycles. The van der Waals surface area contributed by atoms with Crippen molar-refractivity contribution in [2.45, 2.75) is 37.3 Å². The van der Waals surface area contributed by atoms with Gasteiger partial charge in [-0.05, 0) is 24.8 Å². The van der Waals surface area contributed by atoms with E-state index in [0.29, 0.717) is 12.1 Å². The van der Waals surface area contributed by atoms with Crippen molar-refractivity contribution < 1.29 is 5.11 Å². The van der Waals surface area contributed by atoms with Gasteiger partial charge in [-0.15, -0.1) is 0 Å². The molecule has 1 saturated carbocycles. The van der Waals surface area contributed by atoms with Gasteiger partial charge >= 0.3 is 0 Å². The quantitative estimate of drug-likeness (QED) is 0.833. The number of nitrogens with one attached hydrogen (secondary N) is 1. The van der Waals surface area contributed by atoms with Crippen molar-refractivity contribution in [2.24, 2.45) is 0 Å². The lowest BCUT2D eigenvalue weighted by atomic mass is 9.99. The van der Waals surface area contributed by atoms with Gasteiger partial charge in [-0.2, -0.15) is 0 Å². The molecule has 0 aromatic heterocycles. The smallest absolute Gasteiger partial charge is 0.0673 e. The van der Waals surface area contributed by atoms with Crippen LogP contribution in [0.2, 0.25) is 0 Å². The van der Waals surface area contributed by atoms with Gasteiger partial charge in [0.05, 0.1) is 12.6 Å². The maximum Gasteiger partial charge on any atom is 0.0673 e. The van der Waals surface area contributed by atoms with Gasteiger partial charge in [-0.25, -0.2) is 0 Å². The Labute approximate surface area is 139 Å². The summed E-state index contributed by atoms with van der Waals surface area (Å²) in [6.07, 6.45) is 3.83. The van der Waals surface area contributed by atoms with Gasteiger partial charge in [0.15, 0.2) is 0 Å². The van der Waals surface area contributed by atoms with Gasteiger partial charge in [0.25, 0.3) is 0 Å². The van der Waals surface area contributed by atoms with E-state index < -0.39 is 0 Å². The predicted molar refractivity (Wildman–Crippen MR) is 92.1 cm³/mol. The van der Waals surface area contributed by atoms with E-state index in [1.807, 2.05) is 0 Å². The molecule has 4 heteroatoms. The van der Waals surface area contributed by atoms with Crippen LogP contribution >= 0.6 is 0 Å². The van der Waals surface area contributed by atoms with Crippen LogP contribution in [0.5, 0.6) is 0 Å². The zero-order chi connectivity index (χ0) is 15.6. The van der Waals surface area contributed by atoms with Crippen LogP contribution in [0.4, 0.5) is 0 Å². The number of hydrogen-bond acceptors (Lipinski definition) is 4. The summed E-state index contributed by atoms with van der Waals surface area (Å²) in [6, 6.07) is 13.9. The summed E-state index contributed by atoms with van der Waals surface area (Å²) in [6.45, 7) is 5.63. The molecule has 125 valence electrons. The first kappa shape index (κ1) is 15.6. The van der Waals surface area contributed by atoms with Crippen molar-refractivity contribution in [3.63, 3.8) is 0 Å². The second-order valence-corrected chi connectivity index (χ2v) is 7.29. The summed E-state index contributed by atoms with van der Waals surface area (Å²) in [5, 5.41) is 12.8. The predicted octanol–water partition coefficient (Wildman–Crippen LogP) is 1.44. The number of rotatable bonds is 6. The van der Waals surface area contributed by atoms with E-state index in [4.69, 9.17) is 5.11 Å². The number of piperidine rings is 1. The average molecular weight is 314 g/mol. The minimum Gasteiger partial charge on any atom is -0.395 e. The first-order valence-electron chi connectivity index (χ1n) is 9.07. The molecule has 2 atom stereocenters. The van der Waals surface area contributed by atoms with Crippen molar-refractivity contribution in [2.75, 3.05) is 39.3 Å². The Balaban J connectivity index is 1.17. The zero-order valence-electron chi connectivity index (χ0n) is 13.8. The molecule has 1 aliphatic carbocycles. The Morgan fingerprint density at radius 3 is 2.52 bits per heavy atom. The number of benzene rings is 1. The van der Waals surface area contributed by atoms with E-state index in [0.717, 1.165) is 25.6 Å². The molecule has 23 heavy (non-hydrogen) atoms. The maximum absolute atomic E-state index is 8.95. The van der Waals surface area contributed by atoms with E-state index >= 15 is 0 Å². The van der Waals surface area contributed by atoms with Crippen LogP contribution in [-0.4, -0.2) is 66.3 Å². The fourth-order valence-electron chi connectivity index (χ4n) is 4.08. The monoisotopic (exact) mass is 314 g/mol. The molecule has 0 bridgehead atoms. The third kappa shape index (κ3) is 3.61. The van der Waals surface area contributed by atoms with Crippen LogP contribution in [0.25, 0.3) is 0 Å². The van der Waals surface area contributed by atoms with Crippen LogP contribution in [0.15, 0.2) is 30.3 Å². The summed E-state index contributed by atoms with van der Waals surface area (Å²) in [5.41, 5.74) is 1.50. The Kier molecular flexibility index (Phi) is 4.67. The molecule has 1 aromatic rings. The van der Waals surface area contributed by atoms with Crippen LogP contribution in [0, 0.1) is 6.04 Å². The number of aliphatic hydroxyl groups excluding tert-OH is 1. The summed E-state index contributed by atoms with van der Waals surface area (Å²) < 4.78 is 0. The highest BCUT2D eigenvalue weighted by Crippen LogP contribution is 2.41. The van der Waals surface area contributed by atoms with Gasteiger partial charge in [0, 0.05) is 50.7 Å². The van der Waals surface area contributed by atoms with Crippen molar-refractivity contribution in [3.05, 3.63) is 41.9 Å².